The van der Waals surface area contributed by atoms with Gasteiger partial charge in [0.2, 0.25) is 65.0 Å². The smallest absolute Gasteiger partial charge is 0.251 e. The van der Waals surface area contributed by atoms with Gasteiger partial charge in [-0.15, -0.1) is 0 Å². The Hall–Kier alpha value is -9.90. The highest BCUT2D eigenvalue weighted by atomic mass is 16.7. The fourth-order valence-corrected chi connectivity index (χ4v) is 13.3. The van der Waals surface area contributed by atoms with Crippen molar-refractivity contribution >= 4 is 70.9 Å². The van der Waals surface area contributed by atoms with Crippen LogP contribution in [0.3, 0.4) is 0 Å². The van der Waals surface area contributed by atoms with E-state index in [1.54, 1.807) is 62.8 Å². The number of carbonyl (C=O) groups excluding carboxylic acids is 12. The zero-order valence-corrected chi connectivity index (χ0v) is 78.0. The first-order valence-corrected chi connectivity index (χ1v) is 44.9. The zero-order chi connectivity index (χ0) is 97.5. The maximum atomic E-state index is 12.6. The van der Waals surface area contributed by atoms with Gasteiger partial charge >= 0.3 is 0 Å². The fourth-order valence-electron chi connectivity index (χ4n) is 13.3. The van der Waals surface area contributed by atoms with Crippen LogP contribution >= 0.6 is 0 Å². The molecule has 6 rings (SSSR count). The van der Waals surface area contributed by atoms with Gasteiger partial charge < -0.3 is 151 Å². The molecular weight excluding hydrogens is 1730 g/mol. The third-order valence-electron chi connectivity index (χ3n) is 20.3. The number of rotatable bonds is 57. The second-order valence-corrected chi connectivity index (χ2v) is 32.5. The van der Waals surface area contributed by atoms with Crippen LogP contribution in [0.25, 0.3) is 0 Å². The third kappa shape index (κ3) is 47.6. The molecule has 0 aromatic heterocycles. The molecule has 3 aromatic carbocycles. The molecule has 42 nitrogen and oxygen atoms in total. The second kappa shape index (κ2) is 64.9. The number of methoxy groups -OCH3 is 3. The van der Waals surface area contributed by atoms with E-state index < -0.39 is 133 Å². The molecule has 15 unspecified atom stereocenters. The highest BCUT2D eigenvalue weighted by Gasteiger charge is 2.48. The van der Waals surface area contributed by atoms with Crippen molar-refractivity contribution in [3.8, 4) is 17.2 Å². The Morgan fingerprint density at radius 1 is 0.348 bits per heavy atom. The molecule has 3 saturated heterocycles. The minimum atomic E-state index is -1.39. The summed E-state index contributed by atoms with van der Waals surface area (Å²) in [7, 11) is 4.61. The van der Waals surface area contributed by atoms with E-state index in [2.05, 4.69) is 63.8 Å². The van der Waals surface area contributed by atoms with Gasteiger partial charge in [-0.2, -0.15) is 0 Å². The monoisotopic (exact) mass is 1870 g/mol. The van der Waals surface area contributed by atoms with E-state index in [0.717, 1.165) is 49.7 Å². The van der Waals surface area contributed by atoms with Crippen LogP contribution in [-0.4, -0.2) is 312 Å². The van der Waals surface area contributed by atoms with Gasteiger partial charge in [-0.1, -0.05) is 68.9 Å². The maximum absolute atomic E-state index is 12.6. The number of amides is 12. The van der Waals surface area contributed by atoms with Gasteiger partial charge in [-0.3, -0.25) is 57.5 Å². The van der Waals surface area contributed by atoms with Crippen molar-refractivity contribution in [3.05, 3.63) is 89.5 Å². The molecule has 0 radical (unpaired) electrons. The number of aliphatic hydroxyl groups excluding tert-OH is 6. The Bertz CT molecular complexity index is 3950. The summed E-state index contributed by atoms with van der Waals surface area (Å²) in [5.41, 5.74) is 2.04. The Morgan fingerprint density at radius 2 is 0.659 bits per heavy atom. The first-order valence-electron chi connectivity index (χ1n) is 44.9. The summed E-state index contributed by atoms with van der Waals surface area (Å²) in [6, 6.07) is 18.1. The van der Waals surface area contributed by atoms with Crippen molar-refractivity contribution in [1.82, 2.24) is 63.8 Å². The zero-order valence-electron chi connectivity index (χ0n) is 78.0. The lowest BCUT2D eigenvalue weighted by Gasteiger charge is -2.42. The van der Waals surface area contributed by atoms with Crippen LogP contribution in [-0.2, 0) is 108 Å². The SMILES string of the molecule is COc1cccc(C(=O)NCC2OC(OCCCCCCNC(=O)CC(=O)NCOC(C)C)C(NC(C)=O)C(O)C2O)c1.COc1cccc(CC(=O)NCC2OC(OCCCCCCNC(=O)CC(=O)NCOC(C)C)C(NC(C)=O)C(O)C2O)c1.COc1cccc(CCC(=O)NCC2OC(OCCCCCCNC(=O)CC(=O)NCOC(C)C)C(NC(C)=O)C(O)C2O)c1. The molecule has 3 fully saturated rings. The number of nitrogens with one attached hydrogen (secondary N) is 12. The molecule has 132 heavy (non-hydrogen) atoms. The molecule has 3 heterocycles. The third-order valence-corrected chi connectivity index (χ3v) is 20.3. The average Bonchev–Trinajstić information content (AvgIpc) is 0.811. The molecule has 3 aliphatic heterocycles. The molecule has 12 amide bonds. The number of aryl methyl sites for hydroxylation is 1. The predicted molar refractivity (Wildman–Crippen MR) is 478 cm³/mol. The molecular formula is C90H144N12O30. The molecule has 42 heteroatoms. The minimum absolute atomic E-state index is 0.0176. The van der Waals surface area contributed by atoms with Gasteiger partial charge in [0.25, 0.3) is 5.91 Å². The van der Waals surface area contributed by atoms with E-state index in [0.29, 0.717) is 87.4 Å². The molecule has 15 atom stereocenters. The Labute approximate surface area is 771 Å². The summed E-state index contributed by atoms with van der Waals surface area (Å²) in [6.45, 7) is 16.9. The van der Waals surface area contributed by atoms with Crippen LogP contribution in [0.5, 0.6) is 17.2 Å². The van der Waals surface area contributed by atoms with Crippen molar-refractivity contribution in [3.63, 3.8) is 0 Å². The number of carbonyl (C=O) groups is 12. The van der Waals surface area contributed by atoms with Gasteiger partial charge in [0.05, 0.1) is 46.1 Å². The number of hydrogen-bond acceptors (Lipinski definition) is 30. The number of benzene rings is 3. The molecule has 0 bridgehead atoms. The van der Waals surface area contributed by atoms with Crippen LogP contribution in [0.15, 0.2) is 72.8 Å². The molecule has 3 aliphatic rings. The van der Waals surface area contributed by atoms with Crippen molar-refractivity contribution in [2.24, 2.45) is 0 Å². The Kier molecular flexibility index (Phi) is 56.2. The molecule has 744 valence electrons. The standard InChI is InChI=1S/C31H50N4O10.C30H48N4O10.C29H46N4O10/c1-20(2)44-19-34-27(39)17-26(38)32-14-7-5-6-8-15-43-31-28(35-21(3)36)30(41)29(40)24(45-31)18-33-25(37)13-12-22-10-9-11-23(16-22)42-4;1-19(2)43-18-33-26(38)16-25(37)31-12-7-5-6-8-13-42-30-27(34-20(3)35)29(40)28(39)23(44-30)17-32-24(36)15-21-10-9-11-22(14-21)41-4;1-18(2)42-17-32-24(36)15-23(35)30-12-7-5-6-8-13-41-29-25(33-19(3)34)27(38)26(37)22(43-29)16-31-28(39)20-10-9-11-21(14-20)40-4/h9-11,16,20,24,28-31,40-41H,5-8,12-15,17-19H2,1-4H3,(H,32,38)(H,33,37)(H,34,39)(H,35,36);9-11,14,19,23,27-30,39-40H,5-8,12-13,15-18H2,1-4H3,(H,31,37)(H,32,36)(H,33,38)(H,34,35);9-11,14,18,22,25-27,29,37-38H,5-8,12-13,15-17H2,1-4H3,(H,30,35)(H,31,39)(H,32,36)(H,33,34). The Morgan fingerprint density at radius 3 is 1.01 bits per heavy atom. The van der Waals surface area contributed by atoms with Crippen LogP contribution < -0.4 is 78.0 Å². The van der Waals surface area contributed by atoms with Crippen LogP contribution in [0.1, 0.15) is 187 Å². The van der Waals surface area contributed by atoms with Crippen molar-refractivity contribution in [2.45, 2.75) is 288 Å². The Balaban J connectivity index is 0.000000414. The van der Waals surface area contributed by atoms with Crippen molar-refractivity contribution in [1.29, 1.82) is 0 Å². The highest BCUT2D eigenvalue weighted by Crippen LogP contribution is 2.27. The van der Waals surface area contributed by atoms with E-state index in [-0.39, 0.29) is 140 Å². The second-order valence-electron chi connectivity index (χ2n) is 32.5. The largest absolute Gasteiger partial charge is 0.497 e. The van der Waals surface area contributed by atoms with E-state index in [9.17, 15) is 88.2 Å². The first-order chi connectivity index (χ1) is 63.0. The van der Waals surface area contributed by atoms with Crippen LogP contribution in [0.2, 0.25) is 0 Å². The van der Waals surface area contributed by atoms with Gasteiger partial charge in [0.1, 0.15) is 130 Å². The topological polar surface area (TPSA) is 581 Å². The lowest BCUT2D eigenvalue weighted by molar-refractivity contribution is -0.263. The molecule has 0 aliphatic carbocycles. The van der Waals surface area contributed by atoms with Crippen LogP contribution in [0, 0.1) is 0 Å². The van der Waals surface area contributed by atoms with Gasteiger partial charge in [-0.25, -0.2) is 0 Å². The molecule has 0 saturated carbocycles. The quantitative estimate of drug-likeness (QED) is 0.0203. The molecule has 3 aromatic rings. The lowest BCUT2D eigenvalue weighted by Crippen LogP contribution is -2.65. The van der Waals surface area contributed by atoms with E-state index in [1.165, 1.54) is 27.9 Å². The highest BCUT2D eigenvalue weighted by molar-refractivity contribution is 5.98. The van der Waals surface area contributed by atoms with Gasteiger partial charge in [0, 0.05) is 91.8 Å². The summed E-state index contributed by atoms with van der Waals surface area (Å²) in [5, 5.41) is 95.7. The summed E-state index contributed by atoms with van der Waals surface area (Å²) < 4.78 is 66.4. The maximum Gasteiger partial charge on any atom is 0.251 e. The molecule has 0 spiro atoms. The fraction of sp³-hybridized carbons (Fsp3) is 0.667. The summed E-state index contributed by atoms with van der Waals surface area (Å²) in [6.07, 6.45) is -5.67. The molecule has 18 N–H and O–H groups in total. The van der Waals surface area contributed by atoms with E-state index >= 15 is 0 Å². The van der Waals surface area contributed by atoms with E-state index in [1.807, 2.05) is 65.8 Å². The van der Waals surface area contributed by atoms with Gasteiger partial charge in [-0.05, 0) is 140 Å². The lowest BCUT2D eigenvalue weighted by atomic mass is 9.96. The number of unbranched alkanes of at least 4 members (excludes halogenated alkanes) is 9. The predicted octanol–water partition coefficient (Wildman–Crippen LogP) is 0.123. The van der Waals surface area contributed by atoms with Crippen molar-refractivity contribution in [2.75, 3.05) is 101 Å². The van der Waals surface area contributed by atoms with E-state index in [4.69, 9.17) is 56.8 Å². The summed E-state index contributed by atoms with van der Waals surface area (Å²) >= 11 is 0. The summed E-state index contributed by atoms with van der Waals surface area (Å²) in [4.78, 5) is 144. The van der Waals surface area contributed by atoms with Gasteiger partial charge in [0.15, 0.2) is 18.9 Å². The minimum Gasteiger partial charge on any atom is -0.497 e. The van der Waals surface area contributed by atoms with Crippen molar-refractivity contribution < 1.29 is 145 Å². The number of hydrogen-bond donors (Lipinski definition) is 18. The summed E-state index contributed by atoms with van der Waals surface area (Å²) in [5.74, 6) is -2.69. The number of ether oxygens (including phenoxy) is 12. The first kappa shape index (κ1) is 114. The average molecular weight is 1870 g/mol. The number of aliphatic hydroxyl groups is 6. The normalized spacial score (nSPS) is 21.4. The van der Waals surface area contributed by atoms with Crippen LogP contribution in [0.4, 0.5) is 0 Å².